The van der Waals surface area contributed by atoms with Crippen molar-refractivity contribution in [3.8, 4) is 5.75 Å². The highest BCUT2D eigenvalue weighted by Gasteiger charge is 2.18. The summed E-state index contributed by atoms with van der Waals surface area (Å²) < 4.78 is 5.13. The number of ether oxygens (including phenoxy) is 1. The fraction of sp³-hybridized carbons (Fsp3) is 0.0909. The van der Waals surface area contributed by atoms with Gasteiger partial charge in [-0.05, 0) is 17.1 Å². The summed E-state index contributed by atoms with van der Waals surface area (Å²) in [7, 11) is 0.0205. The molecule has 0 amide bonds. The van der Waals surface area contributed by atoms with Crippen LogP contribution in [0.2, 0.25) is 0 Å². The molecule has 0 aliphatic heterocycles. The van der Waals surface area contributed by atoms with Crippen LogP contribution in [0.25, 0.3) is 12.2 Å². The molecule has 1 rings (SSSR count). The largest absolute Gasteiger partial charge is 0.496 e. The second-order valence-electron chi connectivity index (χ2n) is 2.97. The van der Waals surface area contributed by atoms with E-state index >= 15 is 0 Å². The molecule has 3 nitrogen and oxygen atoms in total. The van der Waals surface area contributed by atoms with Gasteiger partial charge in [0.2, 0.25) is 0 Å². The average Bonchev–Trinajstić information content (AvgIpc) is 2.26. The average molecular weight is 204 g/mol. The monoisotopic (exact) mass is 204 g/mol. The molecule has 0 spiro atoms. The molecule has 15 heavy (non-hydrogen) atoms. The second kappa shape index (κ2) is 4.82. The quantitative estimate of drug-likeness (QED) is 0.708. The van der Waals surface area contributed by atoms with Gasteiger partial charge in [0.05, 0.1) is 7.11 Å². The Morgan fingerprint density at radius 3 is 2.20 bits per heavy atom. The van der Waals surface area contributed by atoms with E-state index in [1.54, 1.807) is 31.4 Å². The third-order valence-corrected chi connectivity index (χ3v) is 2.19. The lowest BCUT2D eigenvalue weighted by Crippen LogP contribution is -2.32. The van der Waals surface area contributed by atoms with Crippen LogP contribution in [0, 0.1) is 0 Å². The molecule has 0 heterocycles. The van der Waals surface area contributed by atoms with Crippen molar-refractivity contribution in [2.45, 2.75) is 0 Å². The molecule has 4 heteroatoms. The van der Waals surface area contributed by atoms with Gasteiger partial charge in [0, 0.05) is 5.56 Å². The topological polar surface area (TPSA) is 49.7 Å². The highest BCUT2D eigenvalue weighted by molar-refractivity contribution is 6.59. The first-order valence-corrected chi connectivity index (χ1v) is 4.47. The molecular formula is C11H13BO3. The summed E-state index contributed by atoms with van der Waals surface area (Å²) in [5, 5.41) is 18.3. The zero-order chi connectivity index (χ0) is 11.4. The van der Waals surface area contributed by atoms with Gasteiger partial charge in [-0.15, -0.1) is 0 Å². The van der Waals surface area contributed by atoms with E-state index in [1.165, 1.54) is 0 Å². The van der Waals surface area contributed by atoms with Crippen molar-refractivity contribution >= 4 is 24.7 Å². The van der Waals surface area contributed by atoms with Crippen molar-refractivity contribution in [2.75, 3.05) is 7.11 Å². The number of methoxy groups -OCH3 is 1. The molecule has 0 aliphatic rings. The summed E-state index contributed by atoms with van der Waals surface area (Å²) in [6.45, 7) is 7.29. The van der Waals surface area contributed by atoms with Crippen LogP contribution in [0.3, 0.4) is 0 Å². The fourth-order valence-electron chi connectivity index (χ4n) is 1.47. The minimum atomic E-state index is -1.53. The lowest BCUT2D eigenvalue weighted by molar-refractivity contribution is 0.413. The summed E-state index contributed by atoms with van der Waals surface area (Å²) in [4.78, 5) is 0. The molecule has 0 saturated carbocycles. The zero-order valence-corrected chi connectivity index (χ0v) is 8.60. The van der Waals surface area contributed by atoms with E-state index in [1.807, 2.05) is 0 Å². The first-order chi connectivity index (χ1) is 7.15. The Bertz CT molecular complexity index is 386. The molecular weight excluding hydrogens is 191 g/mol. The number of hydrogen-bond donors (Lipinski definition) is 2. The summed E-state index contributed by atoms with van der Waals surface area (Å²) in [5.41, 5.74) is 1.72. The molecule has 0 atom stereocenters. The normalized spacial score (nSPS) is 9.53. The van der Waals surface area contributed by atoms with Gasteiger partial charge in [-0.1, -0.05) is 31.4 Å². The Morgan fingerprint density at radius 1 is 1.20 bits per heavy atom. The van der Waals surface area contributed by atoms with Crippen LogP contribution in [0.15, 0.2) is 25.3 Å². The molecule has 0 radical (unpaired) electrons. The molecule has 0 aromatic heterocycles. The first kappa shape index (κ1) is 11.6. The van der Waals surface area contributed by atoms with Crippen molar-refractivity contribution < 1.29 is 14.8 Å². The summed E-state index contributed by atoms with van der Waals surface area (Å²) in [6, 6.07) is 3.26. The van der Waals surface area contributed by atoms with Gasteiger partial charge in [0.15, 0.2) is 0 Å². The molecule has 2 N–H and O–H groups in total. The Kier molecular flexibility index (Phi) is 3.71. The molecule has 0 aliphatic carbocycles. The third-order valence-electron chi connectivity index (χ3n) is 2.19. The van der Waals surface area contributed by atoms with Crippen LogP contribution < -0.4 is 10.2 Å². The number of hydrogen-bond acceptors (Lipinski definition) is 3. The van der Waals surface area contributed by atoms with Crippen LogP contribution in [0.5, 0.6) is 5.75 Å². The second-order valence-corrected chi connectivity index (χ2v) is 2.97. The predicted molar refractivity (Wildman–Crippen MR) is 63.0 cm³/mol. The first-order valence-electron chi connectivity index (χ1n) is 4.47. The van der Waals surface area contributed by atoms with E-state index in [0.29, 0.717) is 22.3 Å². The smallest absolute Gasteiger partial charge is 0.489 e. The van der Waals surface area contributed by atoms with Crippen LogP contribution in [0.4, 0.5) is 0 Å². The van der Waals surface area contributed by atoms with E-state index in [0.717, 1.165) is 0 Å². The Labute approximate surface area is 89.5 Å². The molecule has 0 bridgehead atoms. The third kappa shape index (κ3) is 2.11. The van der Waals surface area contributed by atoms with Gasteiger partial charge in [0.25, 0.3) is 0 Å². The molecule has 1 aromatic carbocycles. The predicted octanol–water partition coefficient (Wildman–Crippen LogP) is 0.661. The van der Waals surface area contributed by atoms with E-state index in [4.69, 9.17) is 14.8 Å². The van der Waals surface area contributed by atoms with Crippen molar-refractivity contribution in [2.24, 2.45) is 0 Å². The molecule has 78 valence electrons. The number of rotatable bonds is 4. The standard InChI is InChI=1S/C11H13BO3/c1-4-8-9(5-2)11(15-3)7-6-10(8)12(13)14/h4-7,13-14H,1-2H2,3H3. The highest BCUT2D eigenvalue weighted by Crippen LogP contribution is 2.23. The zero-order valence-electron chi connectivity index (χ0n) is 8.60. The number of benzene rings is 1. The lowest BCUT2D eigenvalue weighted by Gasteiger charge is -2.12. The van der Waals surface area contributed by atoms with Gasteiger partial charge >= 0.3 is 7.12 Å². The minimum Gasteiger partial charge on any atom is -0.496 e. The Morgan fingerprint density at radius 2 is 1.80 bits per heavy atom. The van der Waals surface area contributed by atoms with Gasteiger partial charge in [0.1, 0.15) is 5.75 Å². The van der Waals surface area contributed by atoms with E-state index < -0.39 is 7.12 Å². The van der Waals surface area contributed by atoms with E-state index in [9.17, 15) is 0 Å². The fourth-order valence-corrected chi connectivity index (χ4v) is 1.47. The van der Waals surface area contributed by atoms with Crippen LogP contribution in [-0.2, 0) is 0 Å². The Balaban J connectivity index is 3.47. The van der Waals surface area contributed by atoms with Gasteiger partial charge < -0.3 is 14.8 Å². The van der Waals surface area contributed by atoms with E-state index in [-0.39, 0.29) is 0 Å². The van der Waals surface area contributed by atoms with Gasteiger partial charge in [-0.25, -0.2) is 0 Å². The van der Waals surface area contributed by atoms with Gasteiger partial charge in [-0.3, -0.25) is 0 Å². The van der Waals surface area contributed by atoms with Crippen molar-refractivity contribution in [3.05, 3.63) is 36.4 Å². The lowest BCUT2D eigenvalue weighted by atomic mass is 9.75. The van der Waals surface area contributed by atoms with Crippen molar-refractivity contribution in [1.29, 1.82) is 0 Å². The Hall–Kier alpha value is -1.52. The maximum Gasteiger partial charge on any atom is 0.489 e. The minimum absolute atomic E-state index is 0.390. The van der Waals surface area contributed by atoms with Crippen LogP contribution in [0.1, 0.15) is 11.1 Å². The van der Waals surface area contributed by atoms with Crippen molar-refractivity contribution in [1.82, 2.24) is 0 Å². The summed E-state index contributed by atoms with van der Waals surface area (Å²) >= 11 is 0. The summed E-state index contributed by atoms with van der Waals surface area (Å²) in [6.07, 6.45) is 3.15. The van der Waals surface area contributed by atoms with Gasteiger partial charge in [-0.2, -0.15) is 0 Å². The van der Waals surface area contributed by atoms with Crippen molar-refractivity contribution in [3.63, 3.8) is 0 Å². The van der Waals surface area contributed by atoms with Crippen LogP contribution >= 0.6 is 0 Å². The highest BCUT2D eigenvalue weighted by atomic mass is 16.5. The molecule has 0 saturated heterocycles. The summed E-state index contributed by atoms with van der Waals surface area (Å²) in [5.74, 6) is 0.629. The maximum atomic E-state index is 9.15. The molecule has 1 aromatic rings. The van der Waals surface area contributed by atoms with Crippen LogP contribution in [-0.4, -0.2) is 24.3 Å². The van der Waals surface area contributed by atoms with E-state index in [2.05, 4.69) is 13.2 Å². The molecule has 0 unspecified atom stereocenters. The maximum absolute atomic E-state index is 9.15. The SMILES string of the molecule is C=Cc1c(OC)ccc(B(O)O)c1C=C. The molecule has 0 fully saturated rings.